The zero-order chi connectivity index (χ0) is 20.4. The van der Waals surface area contributed by atoms with Gasteiger partial charge in [-0.05, 0) is 12.8 Å². The van der Waals surface area contributed by atoms with Crippen LogP contribution in [0.1, 0.15) is 45.8 Å². The third-order valence-electron chi connectivity index (χ3n) is 5.52. The average molecular weight is 404 g/mol. The van der Waals surface area contributed by atoms with Crippen molar-refractivity contribution in [3.63, 3.8) is 0 Å². The number of nitrogens with zero attached hydrogens (tertiary/aromatic N) is 4. The third kappa shape index (κ3) is 3.34. The molecule has 0 aromatic carbocycles. The number of amides is 1. The van der Waals surface area contributed by atoms with Gasteiger partial charge in [-0.25, -0.2) is 15.0 Å². The summed E-state index contributed by atoms with van der Waals surface area (Å²) in [5.41, 5.74) is 5.78. The fourth-order valence-corrected chi connectivity index (χ4v) is 3.93. The van der Waals surface area contributed by atoms with Gasteiger partial charge >= 0.3 is 0 Å². The molecule has 4 rings (SSSR count). The van der Waals surface area contributed by atoms with Gasteiger partial charge < -0.3 is 25.3 Å². The molecule has 0 aliphatic carbocycles. The van der Waals surface area contributed by atoms with E-state index in [2.05, 4.69) is 34.1 Å². The molecule has 1 amide bonds. The highest BCUT2D eigenvalue weighted by atomic mass is 16.6. The predicted molar refractivity (Wildman–Crippen MR) is 105 cm³/mol. The Balaban J connectivity index is 1.63. The van der Waals surface area contributed by atoms with E-state index in [1.54, 1.807) is 10.9 Å². The number of nitrogens with one attached hydrogen (secondary N) is 1. The van der Waals surface area contributed by atoms with Gasteiger partial charge in [0.1, 0.15) is 24.0 Å². The molecule has 2 aromatic heterocycles. The molecule has 2 aromatic rings. The Hall–Kier alpha value is -2.30. The minimum absolute atomic E-state index is 0.145. The number of hydrogen-bond acceptors (Lipinski definition) is 8. The summed E-state index contributed by atoms with van der Waals surface area (Å²) in [5, 5.41) is 3.04. The zero-order valence-corrected chi connectivity index (χ0v) is 16.8. The number of nitrogen functional groups attached to an aromatic ring is 1. The maximum atomic E-state index is 12.8. The summed E-state index contributed by atoms with van der Waals surface area (Å²) in [5.74, 6) is 0.101. The van der Waals surface area contributed by atoms with Crippen molar-refractivity contribution in [1.82, 2.24) is 24.8 Å². The molecule has 10 nitrogen and oxygen atoms in total. The number of imidazole rings is 1. The van der Waals surface area contributed by atoms with Gasteiger partial charge in [-0.3, -0.25) is 9.36 Å². The molecular weight excluding hydrogens is 376 g/mol. The van der Waals surface area contributed by atoms with Gasteiger partial charge in [0.05, 0.1) is 12.9 Å². The van der Waals surface area contributed by atoms with Crippen LogP contribution in [0.2, 0.25) is 0 Å². The van der Waals surface area contributed by atoms with Crippen molar-refractivity contribution in [3.05, 3.63) is 12.7 Å². The number of anilines is 1. The van der Waals surface area contributed by atoms with Gasteiger partial charge in [-0.1, -0.05) is 26.7 Å². The number of aromatic nitrogens is 4. The summed E-state index contributed by atoms with van der Waals surface area (Å²) in [6.45, 7) is 5.46. The Morgan fingerprint density at radius 1 is 1.24 bits per heavy atom. The van der Waals surface area contributed by atoms with Crippen LogP contribution < -0.4 is 11.1 Å². The van der Waals surface area contributed by atoms with Crippen LogP contribution in [-0.2, 0) is 19.0 Å². The minimum Gasteiger partial charge on any atom is -0.382 e. The first kappa shape index (κ1) is 20.0. The second-order valence-electron chi connectivity index (χ2n) is 7.53. The van der Waals surface area contributed by atoms with E-state index in [1.807, 2.05) is 0 Å². The van der Waals surface area contributed by atoms with Crippen molar-refractivity contribution in [3.8, 4) is 0 Å². The molecule has 158 valence electrons. The van der Waals surface area contributed by atoms with E-state index in [1.165, 1.54) is 6.33 Å². The molecule has 2 saturated heterocycles. The Kier molecular flexibility index (Phi) is 5.66. The normalized spacial score (nSPS) is 28.3. The first-order valence-corrected chi connectivity index (χ1v) is 10.2. The van der Waals surface area contributed by atoms with Crippen molar-refractivity contribution in [2.75, 3.05) is 25.6 Å². The molecule has 2 fully saturated rings. The molecule has 2 aliphatic rings. The average Bonchev–Trinajstić information content (AvgIpc) is 3.34. The first-order chi connectivity index (χ1) is 14.1. The number of rotatable bonds is 10. The lowest BCUT2D eigenvalue weighted by molar-refractivity contribution is -0.176. The van der Waals surface area contributed by atoms with E-state index >= 15 is 0 Å². The van der Waals surface area contributed by atoms with E-state index in [0.717, 1.165) is 25.7 Å². The van der Waals surface area contributed by atoms with Crippen LogP contribution >= 0.6 is 0 Å². The smallest absolute Gasteiger partial charge is 0.258 e. The first-order valence-electron chi connectivity index (χ1n) is 10.2. The van der Waals surface area contributed by atoms with Gasteiger partial charge in [0.25, 0.3) is 5.91 Å². The maximum Gasteiger partial charge on any atom is 0.258 e. The number of morpholine rings is 1. The highest BCUT2D eigenvalue weighted by molar-refractivity contribution is 5.90. The number of hydrogen-bond donors (Lipinski definition) is 2. The molecule has 2 bridgehead atoms. The van der Waals surface area contributed by atoms with Gasteiger partial charge in [-0.15, -0.1) is 0 Å². The van der Waals surface area contributed by atoms with Crippen molar-refractivity contribution < 1.29 is 19.0 Å². The van der Waals surface area contributed by atoms with Gasteiger partial charge in [0.2, 0.25) is 0 Å². The van der Waals surface area contributed by atoms with Crippen LogP contribution in [-0.4, -0.2) is 63.0 Å². The second-order valence-corrected chi connectivity index (χ2v) is 7.53. The predicted octanol–water partition coefficient (Wildman–Crippen LogP) is 1.18. The molecule has 2 unspecified atom stereocenters. The molecule has 0 saturated carbocycles. The van der Waals surface area contributed by atoms with Crippen LogP contribution in [0.3, 0.4) is 0 Å². The van der Waals surface area contributed by atoms with E-state index in [-0.39, 0.29) is 18.6 Å². The van der Waals surface area contributed by atoms with Gasteiger partial charge in [0, 0.05) is 13.2 Å². The maximum absolute atomic E-state index is 12.8. The standard InChI is InChI=1S/C19H28N6O4/c1-3-5-7-27-9-19-14(28-8-6-4-2)12(24-18(19)26)17(29-19)25-11-23-13-15(20)21-10-22-16(13)25/h10-12,14,17H,3-9H2,1-2H3,(H,24,26)(H2,20,21,22)/t12?,14?,17-,19+/m1/s1. The summed E-state index contributed by atoms with van der Waals surface area (Å²) >= 11 is 0. The number of nitrogens with two attached hydrogens (primary N) is 1. The summed E-state index contributed by atoms with van der Waals surface area (Å²) in [4.78, 5) is 25.4. The highest BCUT2D eigenvalue weighted by Gasteiger charge is 2.67. The Morgan fingerprint density at radius 3 is 2.83 bits per heavy atom. The molecule has 4 heterocycles. The summed E-state index contributed by atoms with van der Waals surface area (Å²) in [6.07, 6.45) is 5.89. The summed E-state index contributed by atoms with van der Waals surface area (Å²) in [6, 6.07) is -0.372. The monoisotopic (exact) mass is 404 g/mol. The molecule has 0 radical (unpaired) electrons. The van der Waals surface area contributed by atoms with E-state index in [4.69, 9.17) is 19.9 Å². The topological polar surface area (TPSA) is 126 Å². The molecule has 29 heavy (non-hydrogen) atoms. The number of fused-ring (bicyclic) bond motifs is 3. The largest absolute Gasteiger partial charge is 0.382 e. The van der Waals surface area contributed by atoms with E-state index < -0.39 is 17.9 Å². The molecule has 0 spiro atoms. The van der Waals surface area contributed by atoms with Gasteiger partial charge in [-0.2, -0.15) is 0 Å². The minimum atomic E-state index is -1.19. The third-order valence-corrected chi connectivity index (χ3v) is 5.52. The van der Waals surface area contributed by atoms with Crippen LogP contribution in [0.15, 0.2) is 12.7 Å². The lowest BCUT2D eigenvalue weighted by Crippen LogP contribution is -2.52. The molecular formula is C19H28N6O4. The Bertz CT molecular complexity index is 874. The quantitative estimate of drug-likeness (QED) is 0.565. The lowest BCUT2D eigenvalue weighted by atomic mass is 9.99. The fourth-order valence-electron chi connectivity index (χ4n) is 3.93. The number of ether oxygens (including phenoxy) is 3. The van der Waals surface area contributed by atoms with Crippen molar-refractivity contribution in [1.29, 1.82) is 0 Å². The molecule has 10 heteroatoms. The molecule has 3 N–H and O–H groups in total. The van der Waals surface area contributed by atoms with Crippen LogP contribution in [0, 0.1) is 0 Å². The Labute approximate surface area is 169 Å². The molecule has 2 aliphatic heterocycles. The lowest BCUT2D eigenvalue weighted by Gasteiger charge is -2.30. The van der Waals surface area contributed by atoms with Crippen LogP contribution in [0.4, 0.5) is 5.82 Å². The summed E-state index contributed by atoms with van der Waals surface area (Å²) in [7, 11) is 0. The van der Waals surface area contributed by atoms with Gasteiger partial charge in [0.15, 0.2) is 23.3 Å². The SMILES string of the molecule is CCCCOC[C@@]12O[C@@H](n3cnc4c(N)ncnc43)C(NC1=O)C2OCCCC. The van der Waals surface area contributed by atoms with E-state index in [0.29, 0.717) is 30.2 Å². The highest BCUT2D eigenvalue weighted by Crippen LogP contribution is 2.45. The zero-order valence-electron chi connectivity index (χ0n) is 16.8. The fraction of sp³-hybridized carbons (Fsp3) is 0.684. The second kappa shape index (κ2) is 8.21. The van der Waals surface area contributed by atoms with Crippen LogP contribution in [0.25, 0.3) is 11.2 Å². The van der Waals surface area contributed by atoms with Crippen molar-refractivity contribution in [2.24, 2.45) is 0 Å². The van der Waals surface area contributed by atoms with Crippen molar-refractivity contribution in [2.45, 2.75) is 63.5 Å². The Morgan fingerprint density at radius 2 is 2.03 bits per heavy atom. The number of carbonyl (C=O) groups is 1. The summed E-state index contributed by atoms with van der Waals surface area (Å²) < 4.78 is 20.1. The number of unbranched alkanes of at least 4 members (excludes halogenated alkanes) is 2. The van der Waals surface area contributed by atoms with E-state index in [9.17, 15) is 4.79 Å². The number of carbonyl (C=O) groups excluding carboxylic acids is 1. The van der Waals surface area contributed by atoms with Crippen LogP contribution in [0.5, 0.6) is 0 Å². The van der Waals surface area contributed by atoms with Crippen molar-refractivity contribution >= 4 is 22.9 Å². The molecule has 4 atom stereocenters.